The predicted octanol–water partition coefficient (Wildman–Crippen LogP) is 0.477. The molecule has 1 saturated heterocycles. The fourth-order valence-electron chi connectivity index (χ4n) is 2.83. The van der Waals surface area contributed by atoms with Crippen LogP contribution < -0.4 is 10.6 Å². The maximum Gasteiger partial charge on any atom is 0.414 e. The lowest BCUT2D eigenvalue weighted by molar-refractivity contribution is -0.146. The van der Waals surface area contributed by atoms with E-state index in [2.05, 4.69) is 9.84 Å². The van der Waals surface area contributed by atoms with Crippen molar-refractivity contribution in [1.82, 2.24) is 5.01 Å². The first-order chi connectivity index (χ1) is 14.2. The van der Waals surface area contributed by atoms with Gasteiger partial charge in [-0.05, 0) is 25.1 Å². The molecule has 1 unspecified atom stereocenters. The van der Waals surface area contributed by atoms with Crippen LogP contribution in [-0.2, 0) is 23.9 Å². The third-order valence-electron chi connectivity index (χ3n) is 4.54. The second kappa shape index (κ2) is 8.79. The molecule has 0 aliphatic carbocycles. The molecule has 160 valence electrons. The maximum atomic E-state index is 14.8. The topological polar surface area (TPSA) is 132 Å². The molecule has 10 nitrogen and oxygen atoms in total. The number of rotatable bonds is 6. The number of benzene rings is 1. The number of thioether (sulfide) groups is 1. The summed E-state index contributed by atoms with van der Waals surface area (Å²) in [6, 6.07) is 3.07. The minimum Gasteiger partial charge on any atom is -0.468 e. The minimum atomic E-state index is -0.964. The van der Waals surface area contributed by atoms with E-state index in [0.717, 1.165) is 22.8 Å². The SMILES string of the molecule is COC(=O)CN1N=C(c2ccc(N3CC([C@H](N)C(C)=O)OC3=O)cc2F)SCC1=O. The number of halogens is 1. The van der Waals surface area contributed by atoms with Crippen molar-refractivity contribution in [2.45, 2.75) is 19.1 Å². The van der Waals surface area contributed by atoms with Crippen LogP contribution in [0.25, 0.3) is 0 Å². The summed E-state index contributed by atoms with van der Waals surface area (Å²) in [7, 11) is 1.19. The molecule has 2 N–H and O–H groups in total. The monoisotopic (exact) mass is 438 g/mol. The lowest BCUT2D eigenvalue weighted by Crippen LogP contribution is -2.43. The number of hydrogen-bond acceptors (Lipinski definition) is 9. The molecule has 2 amide bonds. The fraction of sp³-hybridized carbons (Fsp3) is 0.389. The highest BCUT2D eigenvalue weighted by atomic mass is 32.2. The number of carbonyl (C=O) groups is 4. The molecule has 2 aliphatic rings. The van der Waals surface area contributed by atoms with Gasteiger partial charge in [0, 0.05) is 5.56 Å². The largest absolute Gasteiger partial charge is 0.468 e. The van der Waals surface area contributed by atoms with Crippen LogP contribution in [0.5, 0.6) is 0 Å². The van der Waals surface area contributed by atoms with E-state index in [0.29, 0.717) is 0 Å². The van der Waals surface area contributed by atoms with Crippen molar-refractivity contribution in [2.24, 2.45) is 10.8 Å². The van der Waals surface area contributed by atoms with Crippen LogP contribution >= 0.6 is 11.8 Å². The smallest absolute Gasteiger partial charge is 0.414 e. The number of amides is 2. The van der Waals surface area contributed by atoms with E-state index in [1.165, 1.54) is 31.1 Å². The summed E-state index contributed by atoms with van der Waals surface area (Å²) < 4.78 is 24.4. The number of nitrogens with zero attached hydrogens (tertiary/aromatic N) is 3. The summed E-state index contributed by atoms with van der Waals surface area (Å²) >= 11 is 1.03. The summed E-state index contributed by atoms with van der Waals surface area (Å²) in [5, 5.41) is 5.18. The number of anilines is 1. The Bertz CT molecular complexity index is 939. The zero-order valence-corrected chi connectivity index (χ0v) is 17.0. The predicted molar refractivity (Wildman–Crippen MR) is 105 cm³/mol. The van der Waals surface area contributed by atoms with Gasteiger partial charge in [-0.2, -0.15) is 5.10 Å². The van der Waals surface area contributed by atoms with Gasteiger partial charge in [0.15, 0.2) is 0 Å². The first-order valence-corrected chi connectivity index (χ1v) is 9.82. The number of ketones is 1. The van der Waals surface area contributed by atoms with Gasteiger partial charge in [-0.15, -0.1) is 0 Å². The summed E-state index contributed by atoms with van der Waals surface area (Å²) in [5.41, 5.74) is 6.07. The van der Waals surface area contributed by atoms with Crippen molar-refractivity contribution in [3.05, 3.63) is 29.6 Å². The number of nitrogens with two attached hydrogens (primary N) is 1. The third-order valence-corrected chi connectivity index (χ3v) is 5.50. The number of hydrazone groups is 1. The van der Waals surface area contributed by atoms with Gasteiger partial charge in [-0.3, -0.25) is 19.3 Å². The number of esters is 1. The quantitative estimate of drug-likeness (QED) is 0.635. The molecular weight excluding hydrogens is 419 g/mol. The summed E-state index contributed by atoms with van der Waals surface area (Å²) in [5.74, 6) is -2.08. The highest BCUT2D eigenvalue weighted by Crippen LogP contribution is 2.28. The summed E-state index contributed by atoms with van der Waals surface area (Å²) in [6.45, 7) is 0.929. The van der Waals surface area contributed by atoms with E-state index < -0.39 is 35.9 Å². The Labute approximate surface area is 175 Å². The van der Waals surface area contributed by atoms with E-state index in [-0.39, 0.29) is 40.9 Å². The molecular formula is C18H19FN4O6S. The van der Waals surface area contributed by atoms with E-state index in [1.54, 1.807) is 0 Å². The highest BCUT2D eigenvalue weighted by molar-refractivity contribution is 8.15. The van der Waals surface area contributed by atoms with Gasteiger partial charge in [0.1, 0.15) is 35.3 Å². The molecule has 0 aromatic heterocycles. The van der Waals surface area contributed by atoms with Crippen molar-refractivity contribution in [3.8, 4) is 0 Å². The van der Waals surface area contributed by atoms with Crippen LogP contribution in [0.3, 0.4) is 0 Å². The molecule has 12 heteroatoms. The number of ether oxygens (including phenoxy) is 2. The second-order valence-corrected chi connectivity index (χ2v) is 7.52. The summed E-state index contributed by atoms with van der Waals surface area (Å²) in [4.78, 5) is 48.1. The first-order valence-electron chi connectivity index (χ1n) is 8.84. The molecule has 1 fully saturated rings. The molecule has 3 rings (SSSR count). The van der Waals surface area contributed by atoms with E-state index in [1.807, 2.05) is 0 Å². The molecule has 2 atom stereocenters. The number of methoxy groups -OCH3 is 1. The van der Waals surface area contributed by atoms with Crippen LogP contribution in [-0.4, -0.2) is 71.9 Å². The van der Waals surface area contributed by atoms with Gasteiger partial charge in [0.05, 0.1) is 25.1 Å². The minimum absolute atomic E-state index is 0.00940. The van der Waals surface area contributed by atoms with E-state index >= 15 is 0 Å². The molecule has 30 heavy (non-hydrogen) atoms. The Morgan fingerprint density at radius 2 is 2.17 bits per heavy atom. The van der Waals surface area contributed by atoms with Crippen molar-refractivity contribution in [3.63, 3.8) is 0 Å². The summed E-state index contributed by atoms with van der Waals surface area (Å²) in [6.07, 6.45) is -1.56. The van der Waals surface area contributed by atoms with E-state index in [9.17, 15) is 23.6 Å². The van der Waals surface area contributed by atoms with Crippen molar-refractivity contribution >= 4 is 46.2 Å². The van der Waals surface area contributed by atoms with Gasteiger partial charge >= 0.3 is 12.1 Å². The molecule has 0 spiro atoms. The average molecular weight is 438 g/mol. The van der Waals surface area contributed by atoms with Crippen LogP contribution in [0, 0.1) is 5.82 Å². The Hall–Kier alpha value is -2.99. The van der Waals surface area contributed by atoms with Gasteiger partial charge < -0.3 is 15.2 Å². The molecule has 2 heterocycles. The first kappa shape index (κ1) is 21.7. The lowest BCUT2D eigenvalue weighted by Gasteiger charge is -2.22. The normalized spacial score (nSPS) is 20.0. The van der Waals surface area contributed by atoms with Crippen LogP contribution in [0.4, 0.5) is 14.9 Å². The molecule has 1 aromatic carbocycles. The van der Waals surface area contributed by atoms with Gasteiger partial charge in [-0.25, -0.2) is 14.2 Å². The van der Waals surface area contributed by atoms with Crippen molar-refractivity contribution in [2.75, 3.05) is 30.9 Å². The van der Waals surface area contributed by atoms with Gasteiger partial charge in [0.2, 0.25) is 0 Å². The van der Waals surface area contributed by atoms with Gasteiger partial charge in [-0.1, -0.05) is 11.8 Å². The Morgan fingerprint density at radius 1 is 1.43 bits per heavy atom. The standard InChI is InChI=1S/C18H19FN4O6S/c1-9(24)16(20)13-6-22(18(27)29-13)10-3-4-11(12(19)5-10)17-21-23(7-15(26)28-2)14(25)8-30-17/h3-5,13,16H,6-8,20H2,1-2H3/t13?,16-/m1/s1. The maximum absolute atomic E-state index is 14.8. The van der Waals surface area contributed by atoms with E-state index in [4.69, 9.17) is 10.5 Å². The Balaban J connectivity index is 1.81. The third kappa shape index (κ3) is 4.44. The molecule has 2 aliphatic heterocycles. The lowest BCUT2D eigenvalue weighted by atomic mass is 10.1. The van der Waals surface area contributed by atoms with Crippen LogP contribution in [0.1, 0.15) is 12.5 Å². The Kier molecular flexibility index (Phi) is 6.37. The zero-order chi connectivity index (χ0) is 22.0. The molecule has 0 saturated carbocycles. The van der Waals surface area contributed by atoms with Gasteiger partial charge in [0.25, 0.3) is 5.91 Å². The number of hydrogen-bond donors (Lipinski definition) is 1. The number of carbonyl (C=O) groups excluding carboxylic acids is 4. The second-order valence-electron chi connectivity index (χ2n) is 6.55. The van der Waals surface area contributed by atoms with Crippen LogP contribution in [0.15, 0.2) is 23.3 Å². The van der Waals surface area contributed by atoms with Crippen molar-refractivity contribution < 1.29 is 33.0 Å². The molecule has 0 radical (unpaired) electrons. The zero-order valence-electron chi connectivity index (χ0n) is 16.2. The average Bonchev–Trinajstić information content (AvgIpc) is 3.10. The fourth-order valence-corrected chi connectivity index (χ4v) is 3.72. The van der Waals surface area contributed by atoms with Crippen molar-refractivity contribution in [1.29, 1.82) is 0 Å². The molecule has 0 bridgehead atoms. The molecule has 1 aromatic rings. The van der Waals surface area contributed by atoms with Crippen LogP contribution in [0.2, 0.25) is 0 Å². The number of Topliss-reactive ketones (excluding diaryl/α,β-unsaturated/α-hetero) is 1. The Morgan fingerprint density at radius 3 is 2.80 bits per heavy atom. The highest BCUT2D eigenvalue weighted by Gasteiger charge is 2.38. The number of cyclic esters (lactones) is 1.